The summed E-state index contributed by atoms with van der Waals surface area (Å²) in [5.74, 6) is 1.75. The molecule has 2 aromatic heterocycles. The molecule has 0 unspecified atom stereocenters. The summed E-state index contributed by atoms with van der Waals surface area (Å²) in [6, 6.07) is 7.15. The predicted molar refractivity (Wildman–Crippen MR) is 122 cm³/mol. The monoisotopic (exact) mass is 440 g/mol. The Kier molecular flexibility index (Phi) is 6.51. The molecule has 5 N–H and O–H groups in total. The summed E-state index contributed by atoms with van der Waals surface area (Å²) in [6.07, 6.45) is 8.80. The highest BCUT2D eigenvalue weighted by Gasteiger charge is 2.16. The van der Waals surface area contributed by atoms with Gasteiger partial charge in [-0.2, -0.15) is 5.10 Å². The fourth-order valence-corrected chi connectivity index (χ4v) is 3.70. The van der Waals surface area contributed by atoms with Gasteiger partial charge in [0, 0.05) is 23.5 Å². The molecule has 2 amide bonds. The van der Waals surface area contributed by atoms with Crippen LogP contribution in [-0.2, 0) is 0 Å². The molecular weight excluding hydrogens is 416 g/mol. The molecule has 0 saturated heterocycles. The summed E-state index contributed by atoms with van der Waals surface area (Å²) in [4.78, 5) is 21.1. The van der Waals surface area contributed by atoms with Gasteiger partial charge in [-0.05, 0) is 38.0 Å². The van der Waals surface area contributed by atoms with Crippen molar-refractivity contribution in [2.45, 2.75) is 45.1 Å². The van der Waals surface area contributed by atoms with Gasteiger partial charge in [0.25, 0.3) is 0 Å². The standard InChI is InChI=1S/C21H25ClN8O/c1-13-9-18(30-29-13)27-20-12-23-11-19(28-20)24-15-7-8-16(22)17(10-15)26-21(31)25-14-5-3-2-4-6-14/h7-12,14H,2-6H2,1H3,(H2,25,26,31)(H3,24,27,28,29,30). The Morgan fingerprint density at radius 2 is 1.84 bits per heavy atom. The van der Waals surface area contributed by atoms with Gasteiger partial charge in [-0.1, -0.05) is 30.9 Å². The number of aromatic nitrogens is 4. The SMILES string of the molecule is Cc1cc(Nc2cncc(Nc3ccc(Cl)c(NC(=O)NC4CCCCC4)c3)n2)n[nH]1. The van der Waals surface area contributed by atoms with Crippen LogP contribution < -0.4 is 21.3 Å². The zero-order valence-corrected chi connectivity index (χ0v) is 18.0. The van der Waals surface area contributed by atoms with Gasteiger partial charge in [0.1, 0.15) is 0 Å². The molecule has 9 nitrogen and oxygen atoms in total. The molecule has 31 heavy (non-hydrogen) atoms. The van der Waals surface area contributed by atoms with Gasteiger partial charge in [-0.15, -0.1) is 0 Å². The molecule has 162 valence electrons. The number of rotatable bonds is 6. The Bertz CT molecular complexity index is 1050. The maximum atomic E-state index is 12.4. The highest BCUT2D eigenvalue weighted by Crippen LogP contribution is 2.27. The van der Waals surface area contributed by atoms with E-state index in [1.807, 2.05) is 19.1 Å². The maximum Gasteiger partial charge on any atom is 0.319 e. The van der Waals surface area contributed by atoms with Crippen molar-refractivity contribution in [3.05, 3.63) is 47.4 Å². The van der Waals surface area contributed by atoms with Gasteiger partial charge in [-0.25, -0.2) is 9.78 Å². The number of aryl methyl sites for hydroxylation is 1. The van der Waals surface area contributed by atoms with Crippen LogP contribution in [0.15, 0.2) is 36.7 Å². The average Bonchev–Trinajstić information content (AvgIpc) is 3.16. The van der Waals surface area contributed by atoms with E-state index >= 15 is 0 Å². The number of urea groups is 1. The molecule has 1 aliphatic carbocycles. The molecule has 0 bridgehead atoms. The van der Waals surface area contributed by atoms with Crippen LogP contribution in [0, 0.1) is 6.92 Å². The van der Waals surface area contributed by atoms with E-state index in [2.05, 4.69) is 41.4 Å². The second kappa shape index (κ2) is 9.65. The molecule has 0 spiro atoms. The van der Waals surface area contributed by atoms with E-state index in [1.54, 1.807) is 24.5 Å². The number of amides is 2. The molecule has 0 aliphatic heterocycles. The third-order valence-electron chi connectivity index (χ3n) is 5.02. The largest absolute Gasteiger partial charge is 0.339 e. The van der Waals surface area contributed by atoms with E-state index in [1.165, 1.54) is 6.42 Å². The lowest BCUT2D eigenvalue weighted by Gasteiger charge is -2.23. The molecule has 4 rings (SSSR count). The van der Waals surface area contributed by atoms with Crippen LogP contribution >= 0.6 is 11.6 Å². The van der Waals surface area contributed by atoms with Crippen molar-refractivity contribution >= 4 is 46.5 Å². The number of hydrogen-bond donors (Lipinski definition) is 5. The van der Waals surface area contributed by atoms with Crippen molar-refractivity contribution < 1.29 is 4.79 Å². The third kappa shape index (κ3) is 5.85. The first kappa shape index (κ1) is 20.9. The van der Waals surface area contributed by atoms with Crippen molar-refractivity contribution in [2.75, 3.05) is 16.0 Å². The lowest BCUT2D eigenvalue weighted by Crippen LogP contribution is -2.39. The zero-order chi connectivity index (χ0) is 21.6. The Morgan fingerprint density at radius 1 is 1.06 bits per heavy atom. The van der Waals surface area contributed by atoms with Gasteiger partial charge < -0.3 is 21.3 Å². The van der Waals surface area contributed by atoms with Crippen molar-refractivity contribution in [1.82, 2.24) is 25.5 Å². The second-order valence-electron chi connectivity index (χ2n) is 7.60. The highest BCUT2D eigenvalue weighted by atomic mass is 35.5. The van der Waals surface area contributed by atoms with E-state index in [-0.39, 0.29) is 12.1 Å². The summed E-state index contributed by atoms with van der Waals surface area (Å²) in [5.41, 5.74) is 2.19. The molecule has 10 heteroatoms. The molecule has 1 aromatic carbocycles. The number of nitrogens with one attached hydrogen (secondary N) is 5. The van der Waals surface area contributed by atoms with Crippen LogP contribution in [0.5, 0.6) is 0 Å². The first-order valence-corrected chi connectivity index (χ1v) is 10.7. The van der Waals surface area contributed by atoms with E-state index in [0.29, 0.717) is 28.2 Å². The summed E-state index contributed by atoms with van der Waals surface area (Å²) >= 11 is 6.29. The second-order valence-corrected chi connectivity index (χ2v) is 8.01. The smallest absolute Gasteiger partial charge is 0.319 e. The number of halogens is 1. The summed E-state index contributed by atoms with van der Waals surface area (Å²) < 4.78 is 0. The van der Waals surface area contributed by atoms with Crippen molar-refractivity contribution in [2.24, 2.45) is 0 Å². The number of carbonyl (C=O) groups excluding carboxylic acids is 1. The molecule has 1 saturated carbocycles. The van der Waals surface area contributed by atoms with Crippen LogP contribution in [0.1, 0.15) is 37.8 Å². The molecular formula is C21H25ClN8O. The lowest BCUT2D eigenvalue weighted by molar-refractivity contribution is 0.244. The molecule has 0 atom stereocenters. The van der Waals surface area contributed by atoms with Crippen LogP contribution in [-0.4, -0.2) is 32.2 Å². The highest BCUT2D eigenvalue weighted by molar-refractivity contribution is 6.33. The number of hydrogen-bond acceptors (Lipinski definition) is 6. The van der Waals surface area contributed by atoms with Gasteiger partial charge in [-0.3, -0.25) is 10.1 Å². The van der Waals surface area contributed by atoms with Crippen molar-refractivity contribution in [1.29, 1.82) is 0 Å². The van der Waals surface area contributed by atoms with Crippen LogP contribution in [0.4, 0.5) is 33.6 Å². The Labute approximate surface area is 185 Å². The average molecular weight is 441 g/mol. The third-order valence-corrected chi connectivity index (χ3v) is 5.35. The molecule has 0 radical (unpaired) electrons. The topological polar surface area (TPSA) is 120 Å². The van der Waals surface area contributed by atoms with Crippen LogP contribution in [0.25, 0.3) is 0 Å². The molecule has 1 aliphatic rings. The van der Waals surface area contributed by atoms with E-state index in [4.69, 9.17) is 11.6 Å². The Hall–Kier alpha value is -3.33. The fourth-order valence-electron chi connectivity index (χ4n) is 3.54. The number of H-pyrrole nitrogens is 1. The first-order valence-electron chi connectivity index (χ1n) is 10.3. The van der Waals surface area contributed by atoms with E-state index < -0.39 is 0 Å². The lowest BCUT2D eigenvalue weighted by atomic mass is 9.96. The van der Waals surface area contributed by atoms with E-state index in [0.717, 1.165) is 37.1 Å². The number of nitrogens with zero attached hydrogens (tertiary/aromatic N) is 3. The van der Waals surface area contributed by atoms with Crippen LogP contribution in [0.3, 0.4) is 0 Å². The van der Waals surface area contributed by atoms with Gasteiger partial charge >= 0.3 is 6.03 Å². The normalized spacial score (nSPS) is 14.1. The Morgan fingerprint density at radius 3 is 2.58 bits per heavy atom. The first-order chi connectivity index (χ1) is 15.0. The minimum absolute atomic E-state index is 0.220. The minimum Gasteiger partial charge on any atom is -0.339 e. The summed E-state index contributed by atoms with van der Waals surface area (Å²) in [5, 5.41) is 19.6. The maximum absolute atomic E-state index is 12.4. The minimum atomic E-state index is -0.244. The summed E-state index contributed by atoms with van der Waals surface area (Å²) in [7, 11) is 0. The molecule has 3 aromatic rings. The predicted octanol–water partition coefficient (Wildman–Crippen LogP) is 5.10. The van der Waals surface area contributed by atoms with Gasteiger partial charge in [0.15, 0.2) is 17.5 Å². The fraction of sp³-hybridized carbons (Fsp3) is 0.333. The number of anilines is 5. The number of benzene rings is 1. The summed E-state index contributed by atoms with van der Waals surface area (Å²) in [6.45, 7) is 1.92. The zero-order valence-electron chi connectivity index (χ0n) is 17.2. The Balaban J connectivity index is 1.41. The van der Waals surface area contributed by atoms with Crippen LogP contribution in [0.2, 0.25) is 5.02 Å². The quantitative estimate of drug-likeness (QED) is 0.363. The number of carbonyl (C=O) groups is 1. The van der Waals surface area contributed by atoms with Crippen molar-refractivity contribution in [3.8, 4) is 0 Å². The van der Waals surface area contributed by atoms with E-state index in [9.17, 15) is 4.79 Å². The number of aromatic amines is 1. The van der Waals surface area contributed by atoms with Gasteiger partial charge in [0.2, 0.25) is 0 Å². The van der Waals surface area contributed by atoms with Crippen molar-refractivity contribution in [3.63, 3.8) is 0 Å². The molecule has 1 fully saturated rings. The van der Waals surface area contributed by atoms with Gasteiger partial charge in [0.05, 0.1) is 23.1 Å². The molecule has 2 heterocycles.